The minimum absolute atomic E-state index is 0.0357. The molecule has 10 heteroatoms. The molecule has 0 saturated heterocycles. The van der Waals surface area contributed by atoms with E-state index < -0.39 is 21.7 Å². The van der Waals surface area contributed by atoms with E-state index >= 15 is 0 Å². The summed E-state index contributed by atoms with van der Waals surface area (Å²) in [6.07, 6.45) is 2.87. The number of carbonyl (C=O) groups excluding carboxylic acids is 1. The zero-order valence-electron chi connectivity index (χ0n) is 13.5. The molecule has 8 nitrogen and oxygen atoms in total. The van der Waals surface area contributed by atoms with Crippen molar-refractivity contribution in [2.45, 2.75) is 11.8 Å². The highest BCUT2D eigenvalue weighted by molar-refractivity contribution is 7.89. The molecule has 2 aromatic carbocycles. The van der Waals surface area contributed by atoms with Crippen LogP contribution in [0, 0.1) is 12.7 Å². The van der Waals surface area contributed by atoms with E-state index in [0.29, 0.717) is 5.69 Å². The summed E-state index contributed by atoms with van der Waals surface area (Å²) in [5.74, 6) is -1.71. The number of aromatic nitrogens is 3. The molecule has 0 unspecified atom stereocenters. The Morgan fingerprint density at radius 1 is 1.12 bits per heavy atom. The number of benzene rings is 2. The molecule has 3 aromatic rings. The van der Waals surface area contributed by atoms with Crippen LogP contribution in [0.15, 0.2) is 59.8 Å². The van der Waals surface area contributed by atoms with Crippen molar-refractivity contribution >= 4 is 15.9 Å². The van der Waals surface area contributed by atoms with E-state index in [1.165, 1.54) is 48.4 Å². The predicted molar refractivity (Wildman–Crippen MR) is 90.3 cm³/mol. The number of hydrazine groups is 1. The maximum Gasteiger partial charge on any atom is 0.269 e. The third-order valence-corrected chi connectivity index (χ3v) is 4.75. The summed E-state index contributed by atoms with van der Waals surface area (Å²) in [7, 11) is -3.97. The first-order chi connectivity index (χ1) is 12.4. The Kier molecular flexibility index (Phi) is 4.78. The predicted octanol–water partition coefficient (Wildman–Crippen LogP) is 1.34. The van der Waals surface area contributed by atoms with Crippen molar-refractivity contribution in [2.75, 3.05) is 0 Å². The highest BCUT2D eigenvalue weighted by Crippen LogP contribution is 2.18. The monoisotopic (exact) mass is 375 g/mol. The normalized spacial score (nSPS) is 11.3. The van der Waals surface area contributed by atoms with E-state index in [1.54, 1.807) is 18.2 Å². The maximum absolute atomic E-state index is 14.3. The highest BCUT2D eigenvalue weighted by Gasteiger charge is 2.19. The molecule has 0 spiro atoms. The molecular weight excluding hydrogens is 361 g/mol. The first-order valence-corrected chi connectivity index (χ1v) is 8.91. The van der Waals surface area contributed by atoms with Crippen LogP contribution in [0.5, 0.6) is 0 Å². The van der Waals surface area contributed by atoms with Gasteiger partial charge in [0.2, 0.25) is 0 Å². The number of hydrogen-bond donors (Lipinski definition) is 2. The molecule has 1 amide bonds. The molecule has 0 atom stereocenters. The van der Waals surface area contributed by atoms with Crippen molar-refractivity contribution < 1.29 is 17.6 Å². The SMILES string of the molecule is Cc1cc(-n2nccn2)cc(C(=O)NNS(=O)(=O)c2ccccc2)c1F. The Labute approximate surface area is 148 Å². The van der Waals surface area contributed by atoms with Crippen LogP contribution in [0.3, 0.4) is 0 Å². The zero-order chi connectivity index (χ0) is 18.7. The number of hydrogen-bond acceptors (Lipinski definition) is 5. The van der Waals surface area contributed by atoms with Crippen molar-refractivity contribution in [3.05, 3.63) is 71.8 Å². The summed E-state index contributed by atoms with van der Waals surface area (Å²) in [5.41, 5.74) is 2.23. The van der Waals surface area contributed by atoms with E-state index in [0.717, 1.165) is 0 Å². The van der Waals surface area contributed by atoms with E-state index in [9.17, 15) is 17.6 Å². The van der Waals surface area contributed by atoms with Crippen LogP contribution in [-0.2, 0) is 10.0 Å². The lowest BCUT2D eigenvalue weighted by Crippen LogP contribution is -2.42. The van der Waals surface area contributed by atoms with Gasteiger partial charge in [-0.3, -0.25) is 10.2 Å². The Morgan fingerprint density at radius 2 is 1.77 bits per heavy atom. The lowest BCUT2D eigenvalue weighted by Gasteiger charge is -2.11. The molecule has 0 bridgehead atoms. The molecule has 3 rings (SSSR count). The van der Waals surface area contributed by atoms with Crippen LogP contribution in [0.4, 0.5) is 4.39 Å². The molecule has 0 aliphatic carbocycles. The average Bonchev–Trinajstić information content (AvgIpc) is 3.17. The largest absolute Gasteiger partial charge is 0.273 e. The molecule has 0 fully saturated rings. The fourth-order valence-electron chi connectivity index (χ4n) is 2.22. The summed E-state index contributed by atoms with van der Waals surface area (Å²) < 4.78 is 38.6. The van der Waals surface area contributed by atoms with Gasteiger partial charge in [-0.05, 0) is 36.8 Å². The second-order valence-electron chi connectivity index (χ2n) is 5.32. The number of rotatable bonds is 5. The van der Waals surface area contributed by atoms with Gasteiger partial charge in [0.15, 0.2) is 0 Å². The van der Waals surface area contributed by atoms with Gasteiger partial charge in [0.1, 0.15) is 5.82 Å². The molecule has 0 aliphatic rings. The second-order valence-corrected chi connectivity index (χ2v) is 7.00. The number of aryl methyl sites for hydroxylation is 1. The average molecular weight is 375 g/mol. The number of nitrogens with one attached hydrogen (secondary N) is 2. The lowest BCUT2D eigenvalue weighted by molar-refractivity contribution is 0.0941. The van der Waals surface area contributed by atoms with Gasteiger partial charge in [-0.1, -0.05) is 18.2 Å². The second kappa shape index (κ2) is 7.02. The van der Waals surface area contributed by atoms with Gasteiger partial charge in [-0.25, -0.2) is 12.8 Å². The smallest absolute Gasteiger partial charge is 0.269 e. The minimum atomic E-state index is -3.97. The number of carbonyl (C=O) groups is 1. The van der Waals surface area contributed by atoms with Gasteiger partial charge in [-0.15, -0.1) is 4.83 Å². The Hall–Kier alpha value is -3.11. The fraction of sp³-hybridized carbons (Fsp3) is 0.0625. The molecule has 2 N–H and O–H groups in total. The van der Waals surface area contributed by atoms with E-state index in [2.05, 4.69) is 10.2 Å². The molecule has 0 saturated carbocycles. The van der Waals surface area contributed by atoms with Crippen molar-refractivity contribution in [2.24, 2.45) is 0 Å². The van der Waals surface area contributed by atoms with Crippen LogP contribution in [0.2, 0.25) is 0 Å². The van der Waals surface area contributed by atoms with Crippen LogP contribution in [0.1, 0.15) is 15.9 Å². The summed E-state index contributed by atoms with van der Waals surface area (Å²) in [6, 6.07) is 10.2. The van der Waals surface area contributed by atoms with Gasteiger partial charge in [0.05, 0.1) is 28.5 Å². The molecule has 134 valence electrons. The molecule has 1 heterocycles. The number of amides is 1. The Bertz CT molecular complexity index is 1040. The van der Waals surface area contributed by atoms with Crippen molar-refractivity contribution in [3.8, 4) is 5.69 Å². The zero-order valence-corrected chi connectivity index (χ0v) is 14.4. The van der Waals surface area contributed by atoms with Gasteiger partial charge in [0, 0.05) is 0 Å². The van der Waals surface area contributed by atoms with Gasteiger partial charge >= 0.3 is 0 Å². The van der Waals surface area contributed by atoms with Crippen LogP contribution in [-0.4, -0.2) is 29.3 Å². The Balaban J connectivity index is 1.84. The van der Waals surface area contributed by atoms with Crippen LogP contribution in [0.25, 0.3) is 5.69 Å². The molecule has 1 aromatic heterocycles. The Morgan fingerprint density at radius 3 is 2.42 bits per heavy atom. The number of halogens is 1. The molecule has 0 aliphatic heterocycles. The van der Waals surface area contributed by atoms with Crippen LogP contribution < -0.4 is 10.3 Å². The summed E-state index contributed by atoms with van der Waals surface area (Å²) in [4.78, 5) is 15.4. The lowest BCUT2D eigenvalue weighted by atomic mass is 10.1. The van der Waals surface area contributed by atoms with Crippen molar-refractivity contribution in [3.63, 3.8) is 0 Å². The van der Waals surface area contributed by atoms with Crippen molar-refractivity contribution in [1.82, 2.24) is 25.3 Å². The summed E-state index contributed by atoms with van der Waals surface area (Å²) >= 11 is 0. The summed E-state index contributed by atoms with van der Waals surface area (Å²) in [5, 5.41) is 7.85. The van der Waals surface area contributed by atoms with Gasteiger partial charge < -0.3 is 0 Å². The first kappa shape index (κ1) is 17.7. The summed E-state index contributed by atoms with van der Waals surface area (Å²) in [6.45, 7) is 1.48. The van der Waals surface area contributed by atoms with E-state index in [4.69, 9.17) is 0 Å². The van der Waals surface area contributed by atoms with Crippen molar-refractivity contribution in [1.29, 1.82) is 0 Å². The topological polar surface area (TPSA) is 106 Å². The third-order valence-electron chi connectivity index (χ3n) is 3.49. The standard InChI is InChI=1S/C16H14FN5O3S/c1-11-9-12(22-18-7-8-19-22)10-14(15(11)17)16(23)20-21-26(24,25)13-5-3-2-4-6-13/h2-10,21H,1H3,(H,20,23). The van der Waals surface area contributed by atoms with E-state index in [-0.39, 0.29) is 16.0 Å². The maximum atomic E-state index is 14.3. The number of nitrogens with zero attached hydrogens (tertiary/aromatic N) is 3. The highest BCUT2D eigenvalue weighted by atomic mass is 32.2. The molecule has 0 radical (unpaired) electrons. The quantitative estimate of drug-likeness (QED) is 0.655. The molecular formula is C16H14FN5O3S. The minimum Gasteiger partial charge on any atom is -0.273 e. The third kappa shape index (κ3) is 3.60. The van der Waals surface area contributed by atoms with Gasteiger partial charge in [-0.2, -0.15) is 15.0 Å². The van der Waals surface area contributed by atoms with Gasteiger partial charge in [0.25, 0.3) is 15.9 Å². The first-order valence-electron chi connectivity index (χ1n) is 7.42. The molecule has 26 heavy (non-hydrogen) atoms. The van der Waals surface area contributed by atoms with Crippen LogP contribution >= 0.6 is 0 Å². The fourth-order valence-corrected chi connectivity index (χ4v) is 3.08. The number of sulfonamides is 1. The van der Waals surface area contributed by atoms with E-state index in [1.807, 2.05) is 10.3 Å².